The van der Waals surface area contributed by atoms with Crippen LogP contribution in [0, 0.1) is 11.8 Å². The van der Waals surface area contributed by atoms with Crippen LogP contribution in [-0.4, -0.2) is 26.9 Å². The lowest BCUT2D eigenvalue weighted by Gasteiger charge is -2.14. The molecule has 7 heteroatoms. The molecule has 4 aromatic rings. The van der Waals surface area contributed by atoms with E-state index in [1.807, 2.05) is 80.6 Å². The summed E-state index contributed by atoms with van der Waals surface area (Å²) in [6, 6.07) is 21.2. The molecule has 1 heterocycles. The topological polar surface area (TPSA) is 93.5 Å². The summed E-state index contributed by atoms with van der Waals surface area (Å²) in [5, 5.41) is 18.7. The van der Waals surface area contributed by atoms with Gasteiger partial charge in [-0.3, -0.25) is 10.1 Å². The Labute approximate surface area is 215 Å². The molecule has 1 amide bonds. The maximum absolute atomic E-state index is 12.6. The van der Waals surface area contributed by atoms with Crippen LogP contribution in [-0.2, 0) is 21.5 Å². The second-order valence-electron chi connectivity index (χ2n) is 9.22. The highest BCUT2D eigenvalue weighted by molar-refractivity contribution is 5.90. The van der Waals surface area contributed by atoms with Gasteiger partial charge in [0.2, 0.25) is 0 Å². The molecule has 186 valence electrons. The zero-order valence-corrected chi connectivity index (χ0v) is 20.7. The average Bonchev–Trinajstić information content (AvgIpc) is 3.64. The van der Waals surface area contributed by atoms with Crippen molar-refractivity contribution in [1.82, 2.24) is 9.78 Å². The molecule has 7 nitrogen and oxygen atoms in total. The molecule has 5 rings (SSSR count). The molecule has 1 aliphatic rings. The SMILES string of the molecule is CCn1ncc(C#Cc2ccc3cc(C4(C(=O)O)CC4)ccc3c2)c1NC(=O)O[C@H](C)c1ccccc1. The molecule has 1 atom stereocenters. The number of hydrogen-bond acceptors (Lipinski definition) is 4. The minimum absolute atomic E-state index is 0.405. The Morgan fingerprint density at radius 2 is 1.81 bits per heavy atom. The molecule has 0 radical (unpaired) electrons. The third-order valence-electron chi connectivity index (χ3n) is 6.81. The number of carbonyl (C=O) groups is 2. The van der Waals surface area contributed by atoms with E-state index in [0.717, 1.165) is 27.5 Å². The van der Waals surface area contributed by atoms with Crippen LogP contribution < -0.4 is 5.32 Å². The number of nitrogens with one attached hydrogen (secondary N) is 1. The van der Waals surface area contributed by atoms with Crippen molar-refractivity contribution in [3.05, 3.63) is 95.2 Å². The van der Waals surface area contributed by atoms with Crippen molar-refractivity contribution >= 4 is 28.7 Å². The number of rotatable bonds is 6. The first-order chi connectivity index (χ1) is 17.9. The number of hydrogen-bond donors (Lipinski definition) is 2. The lowest BCUT2D eigenvalue weighted by atomic mass is 9.93. The number of anilines is 1. The standard InChI is InChI=1S/C30H27N3O4/c1-3-33-27(32-29(36)37-20(2)22-7-5-4-6-8-22)25(19-31-33)12-10-21-9-11-24-18-26(14-13-23(24)17-21)30(15-16-30)28(34)35/h4-9,11,13-14,17-20H,3,15-16H2,1-2H3,(H,32,36)(H,34,35)/t20-/m1/s1. The Kier molecular flexibility index (Phi) is 6.41. The minimum Gasteiger partial charge on any atom is -0.481 e. The van der Waals surface area contributed by atoms with Crippen molar-refractivity contribution in [1.29, 1.82) is 0 Å². The number of fused-ring (bicyclic) bond motifs is 1. The number of carbonyl (C=O) groups excluding carboxylic acids is 1. The number of carboxylic acids is 1. The first kappa shape index (κ1) is 24.1. The fourth-order valence-corrected chi connectivity index (χ4v) is 4.44. The molecule has 0 bridgehead atoms. The Hall–Kier alpha value is -4.57. The van der Waals surface area contributed by atoms with E-state index in [4.69, 9.17) is 4.74 Å². The zero-order valence-electron chi connectivity index (χ0n) is 20.7. The highest BCUT2D eigenvalue weighted by Gasteiger charge is 2.51. The Morgan fingerprint density at radius 1 is 1.08 bits per heavy atom. The third-order valence-corrected chi connectivity index (χ3v) is 6.81. The van der Waals surface area contributed by atoms with Crippen LogP contribution in [0.2, 0.25) is 0 Å². The summed E-state index contributed by atoms with van der Waals surface area (Å²) in [7, 11) is 0. The molecule has 1 aromatic heterocycles. The molecule has 37 heavy (non-hydrogen) atoms. The van der Waals surface area contributed by atoms with Crippen molar-refractivity contribution in [3.8, 4) is 11.8 Å². The molecule has 3 aromatic carbocycles. The molecule has 0 unspecified atom stereocenters. The third kappa shape index (κ3) is 4.91. The molecular weight excluding hydrogens is 466 g/mol. The van der Waals surface area contributed by atoms with Gasteiger partial charge in [-0.25, -0.2) is 9.48 Å². The van der Waals surface area contributed by atoms with E-state index in [9.17, 15) is 14.7 Å². The lowest BCUT2D eigenvalue weighted by Crippen LogP contribution is -2.19. The summed E-state index contributed by atoms with van der Waals surface area (Å²) < 4.78 is 7.22. The van der Waals surface area contributed by atoms with Gasteiger partial charge in [-0.1, -0.05) is 66.4 Å². The van der Waals surface area contributed by atoms with Crippen LogP contribution in [0.5, 0.6) is 0 Å². The van der Waals surface area contributed by atoms with Gasteiger partial charge in [-0.2, -0.15) is 5.10 Å². The van der Waals surface area contributed by atoms with Crippen molar-refractivity contribution in [3.63, 3.8) is 0 Å². The lowest BCUT2D eigenvalue weighted by molar-refractivity contribution is -0.140. The van der Waals surface area contributed by atoms with E-state index >= 15 is 0 Å². The number of aryl methyl sites for hydroxylation is 1. The second-order valence-corrected chi connectivity index (χ2v) is 9.22. The highest BCUT2D eigenvalue weighted by atomic mass is 16.6. The Balaban J connectivity index is 1.34. The smallest absolute Gasteiger partial charge is 0.413 e. The summed E-state index contributed by atoms with van der Waals surface area (Å²) in [4.78, 5) is 24.3. The fraction of sp³-hybridized carbons (Fsp3) is 0.233. The van der Waals surface area contributed by atoms with E-state index in [-0.39, 0.29) is 0 Å². The van der Waals surface area contributed by atoms with E-state index < -0.39 is 23.6 Å². The van der Waals surface area contributed by atoms with Gasteiger partial charge in [0.15, 0.2) is 0 Å². The summed E-state index contributed by atoms with van der Waals surface area (Å²) in [6.07, 6.45) is 2.00. The van der Waals surface area contributed by atoms with Gasteiger partial charge in [0.1, 0.15) is 11.9 Å². The summed E-state index contributed by atoms with van der Waals surface area (Å²) in [5.41, 5.74) is 2.41. The molecular formula is C30H27N3O4. The van der Waals surface area contributed by atoms with E-state index in [1.54, 1.807) is 10.9 Å². The fourth-order valence-electron chi connectivity index (χ4n) is 4.44. The maximum Gasteiger partial charge on any atom is 0.413 e. The van der Waals surface area contributed by atoms with Gasteiger partial charge in [0.05, 0.1) is 17.2 Å². The Morgan fingerprint density at radius 3 is 2.51 bits per heavy atom. The second kappa shape index (κ2) is 9.82. The predicted octanol–water partition coefficient (Wildman–Crippen LogP) is 5.88. The molecule has 1 fully saturated rings. The van der Waals surface area contributed by atoms with Crippen LogP contribution in [0.3, 0.4) is 0 Å². The Bertz CT molecular complexity index is 1540. The molecule has 0 saturated heterocycles. The minimum atomic E-state index is -0.759. The summed E-state index contributed by atoms with van der Waals surface area (Å²) in [6.45, 7) is 4.31. The van der Waals surface area contributed by atoms with Crippen molar-refractivity contribution in [2.45, 2.75) is 44.8 Å². The van der Waals surface area contributed by atoms with Crippen molar-refractivity contribution in [2.75, 3.05) is 5.32 Å². The largest absolute Gasteiger partial charge is 0.481 e. The number of carboxylic acid groups (broad SMARTS) is 1. The highest BCUT2D eigenvalue weighted by Crippen LogP contribution is 2.48. The quantitative estimate of drug-likeness (QED) is 0.327. The van der Waals surface area contributed by atoms with Crippen LogP contribution >= 0.6 is 0 Å². The molecule has 2 N–H and O–H groups in total. The predicted molar refractivity (Wildman–Crippen MR) is 141 cm³/mol. The van der Waals surface area contributed by atoms with E-state index in [1.165, 1.54) is 0 Å². The molecule has 1 saturated carbocycles. The number of aliphatic carboxylic acids is 1. The molecule has 1 aliphatic carbocycles. The van der Waals surface area contributed by atoms with Gasteiger partial charge >= 0.3 is 12.1 Å². The van der Waals surface area contributed by atoms with Gasteiger partial charge < -0.3 is 9.84 Å². The van der Waals surface area contributed by atoms with Crippen LogP contribution in [0.1, 0.15) is 55.0 Å². The van der Waals surface area contributed by atoms with E-state index in [2.05, 4.69) is 22.3 Å². The van der Waals surface area contributed by atoms with Crippen molar-refractivity contribution < 1.29 is 19.4 Å². The number of amides is 1. The van der Waals surface area contributed by atoms with Gasteiger partial charge in [0, 0.05) is 12.1 Å². The van der Waals surface area contributed by atoms with Crippen molar-refractivity contribution in [2.24, 2.45) is 0 Å². The number of nitrogens with zero attached hydrogens (tertiary/aromatic N) is 2. The first-order valence-electron chi connectivity index (χ1n) is 12.3. The average molecular weight is 494 g/mol. The monoisotopic (exact) mass is 493 g/mol. The van der Waals surface area contributed by atoms with Gasteiger partial charge in [-0.05, 0) is 60.7 Å². The van der Waals surface area contributed by atoms with Gasteiger partial charge in [-0.15, -0.1) is 0 Å². The van der Waals surface area contributed by atoms with Gasteiger partial charge in [0.25, 0.3) is 0 Å². The summed E-state index contributed by atoms with van der Waals surface area (Å²) in [5.74, 6) is 6.00. The van der Waals surface area contributed by atoms with Crippen LogP contribution in [0.15, 0.2) is 72.9 Å². The molecule has 0 spiro atoms. The zero-order chi connectivity index (χ0) is 26.0. The van der Waals surface area contributed by atoms with Crippen LogP contribution in [0.25, 0.3) is 10.8 Å². The number of ether oxygens (including phenoxy) is 1. The number of aromatic nitrogens is 2. The maximum atomic E-state index is 12.6. The first-order valence-corrected chi connectivity index (χ1v) is 12.3. The number of benzene rings is 3. The van der Waals surface area contributed by atoms with E-state index in [0.29, 0.717) is 30.8 Å². The van der Waals surface area contributed by atoms with Crippen LogP contribution in [0.4, 0.5) is 10.6 Å². The molecule has 0 aliphatic heterocycles. The summed E-state index contributed by atoms with van der Waals surface area (Å²) >= 11 is 0. The normalized spacial score (nSPS) is 14.3.